The van der Waals surface area contributed by atoms with Crippen molar-refractivity contribution >= 4 is 17.5 Å². The van der Waals surface area contributed by atoms with E-state index in [0.717, 1.165) is 37.7 Å². The molecule has 0 aromatic carbocycles. The molecule has 8 nitrogen and oxygen atoms in total. The van der Waals surface area contributed by atoms with Crippen LogP contribution in [0.25, 0.3) is 0 Å². The largest absolute Gasteiger partial charge is 0.334 e. The van der Waals surface area contributed by atoms with Crippen LogP contribution in [0.5, 0.6) is 0 Å². The highest BCUT2D eigenvalue weighted by Crippen LogP contribution is 2.40. The quantitative estimate of drug-likeness (QED) is 0.870. The van der Waals surface area contributed by atoms with E-state index in [1.54, 1.807) is 12.3 Å². The number of carbonyl (C=O) groups excluding carboxylic acids is 1. The fourth-order valence-corrected chi connectivity index (χ4v) is 4.01. The number of amides is 1. The molecule has 8 heteroatoms. The maximum absolute atomic E-state index is 12.6. The molecule has 0 unspecified atom stereocenters. The molecule has 4 heterocycles. The molecule has 130 valence electrons. The summed E-state index contributed by atoms with van der Waals surface area (Å²) in [6.07, 6.45) is 4.06. The summed E-state index contributed by atoms with van der Waals surface area (Å²) >= 11 is 0. The Morgan fingerprint density at radius 3 is 2.80 bits per heavy atom. The first-order valence-corrected chi connectivity index (χ1v) is 8.73. The minimum atomic E-state index is -0.0930. The molecule has 1 amide bonds. The van der Waals surface area contributed by atoms with Crippen molar-refractivity contribution in [3.8, 4) is 0 Å². The van der Waals surface area contributed by atoms with Gasteiger partial charge in [-0.2, -0.15) is 5.10 Å². The van der Waals surface area contributed by atoms with Crippen molar-refractivity contribution in [2.75, 3.05) is 38.5 Å². The number of aromatic nitrogens is 4. The fraction of sp³-hybridized carbons (Fsp3) is 0.529. The minimum absolute atomic E-state index is 0.0930. The van der Waals surface area contributed by atoms with E-state index in [-0.39, 0.29) is 11.7 Å². The van der Waals surface area contributed by atoms with Crippen LogP contribution in [0.1, 0.15) is 35.1 Å². The lowest BCUT2D eigenvalue weighted by Crippen LogP contribution is -2.72. The molecule has 2 aromatic heterocycles. The van der Waals surface area contributed by atoms with Crippen molar-refractivity contribution in [2.24, 2.45) is 5.41 Å². The maximum atomic E-state index is 12.6. The van der Waals surface area contributed by atoms with Crippen molar-refractivity contribution in [1.82, 2.24) is 30.0 Å². The van der Waals surface area contributed by atoms with Gasteiger partial charge in [-0.05, 0) is 26.0 Å². The van der Waals surface area contributed by atoms with E-state index < -0.39 is 0 Å². The molecular formula is C17H21N7O. The van der Waals surface area contributed by atoms with Crippen LogP contribution in [0, 0.1) is 5.41 Å². The summed E-state index contributed by atoms with van der Waals surface area (Å²) in [5, 5.41) is 10.5. The third-order valence-electron chi connectivity index (χ3n) is 5.27. The molecule has 0 bridgehead atoms. The summed E-state index contributed by atoms with van der Waals surface area (Å²) in [6.45, 7) is 3.76. The molecule has 3 fully saturated rings. The Balaban J connectivity index is 1.25. The number of hydrogen-bond acceptors (Lipinski definition) is 6. The first kappa shape index (κ1) is 14.8. The summed E-state index contributed by atoms with van der Waals surface area (Å²) < 4.78 is 0. The van der Waals surface area contributed by atoms with Gasteiger partial charge in [0.05, 0.1) is 0 Å². The highest BCUT2D eigenvalue weighted by molar-refractivity contribution is 5.91. The second kappa shape index (κ2) is 5.26. The molecule has 1 spiro atoms. The van der Waals surface area contributed by atoms with Crippen LogP contribution in [0.3, 0.4) is 0 Å². The Morgan fingerprint density at radius 2 is 2.08 bits per heavy atom. The first-order valence-electron chi connectivity index (χ1n) is 8.73. The minimum Gasteiger partial charge on any atom is -0.334 e. The van der Waals surface area contributed by atoms with Gasteiger partial charge in [-0.3, -0.25) is 9.89 Å². The van der Waals surface area contributed by atoms with E-state index in [0.29, 0.717) is 17.2 Å². The van der Waals surface area contributed by atoms with Gasteiger partial charge in [0.25, 0.3) is 5.91 Å². The van der Waals surface area contributed by atoms with E-state index in [2.05, 4.69) is 37.4 Å². The Bertz CT molecular complexity index is 814. The summed E-state index contributed by atoms with van der Waals surface area (Å²) in [7, 11) is 2.11. The lowest BCUT2D eigenvalue weighted by Gasteiger charge is -2.59. The number of carbonyl (C=O) groups is 1. The predicted molar refractivity (Wildman–Crippen MR) is 91.7 cm³/mol. The Kier molecular flexibility index (Phi) is 3.12. The number of hydrogen-bond donors (Lipinski definition) is 2. The van der Waals surface area contributed by atoms with Crippen molar-refractivity contribution in [1.29, 1.82) is 0 Å². The summed E-state index contributed by atoms with van der Waals surface area (Å²) in [4.78, 5) is 25.2. The zero-order chi connectivity index (χ0) is 17.0. The number of likely N-dealkylation sites (tertiary alicyclic amines) is 2. The topological polar surface area (TPSA) is 90.0 Å². The molecule has 2 N–H and O–H groups in total. The van der Waals surface area contributed by atoms with Crippen molar-refractivity contribution in [3.05, 3.63) is 29.8 Å². The average Bonchev–Trinajstić information content (AvgIpc) is 3.29. The van der Waals surface area contributed by atoms with Gasteiger partial charge in [0.15, 0.2) is 5.82 Å². The first-order chi connectivity index (χ1) is 12.1. The van der Waals surface area contributed by atoms with Gasteiger partial charge >= 0.3 is 0 Å². The monoisotopic (exact) mass is 339 g/mol. The summed E-state index contributed by atoms with van der Waals surface area (Å²) in [5.41, 5.74) is 1.47. The van der Waals surface area contributed by atoms with Gasteiger partial charge in [0.1, 0.15) is 5.82 Å². The molecular weight excluding hydrogens is 318 g/mol. The van der Waals surface area contributed by atoms with E-state index in [9.17, 15) is 4.79 Å². The van der Waals surface area contributed by atoms with Crippen LogP contribution in [0.2, 0.25) is 0 Å². The molecule has 1 saturated carbocycles. The molecule has 2 saturated heterocycles. The molecule has 2 aromatic rings. The summed E-state index contributed by atoms with van der Waals surface area (Å²) in [6, 6.07) is 3.76. The lowest BCUT2D eigenvalue weighted by molar-refractivity contribution is -0.0875. The Hall–Kier alpha value is -2.48. The van der Waals surface area contributed by atoms with E-state index >= 15 is 0 Å². The predicted octanol–water partition coefficient (Wildman–Crippen LogP) is 1.21. The van der Waals surface area contributed by atoms with Gasteiger partial charge in [0, 0.05) is 55.5 Å². The zero-order valence-corrected chi connectivity index (χ0v) is 14.2. The van der Waals surface area contributed by atoms with Crippen LogP contribution in [0.15, 0.2) is 18.3 Å². The van der Waals surface area contributed by atoms with Gasteiger partial charge in [0.2, 0.25) is 5.82 Å². The summed E-state index contributed by atoms with van der Waals surface area (Å²) in [5.74, 6) is 2.08. The maximum Gasteiger partial charge on any atom is 0.291 e. The van der Waals surface area contributed by atoms with Crippen LogP contribution in [-0.4, -0.2) is 69.1 Å². The molecule has 5 rings (SSSR count). The highest BCUT2D eigenvalue weighted by atomic mass is 16.2. The number of H-pyrrole nitrogens is 1. The van der Waals surface area contributed by atoms with Crippen LogP contribution in [-0.2, 0) is 0 Å². The normalized spacial score (nSPS) is 21.7. The van der Waals surface area contributed by atoms with Gasteiger partial charge < -0.3 is 15.1 Å². The average molecular weight is 339 g/mol. The number of anilines is 2. The van der Waals surface area contributed by atoms with E-state index in [1.165, 1.54) is 12.8 Å². The van der Waals surface area contributed by atoms with Crippen LogP contribution < -0.4 is 5.32 Å². The van der Waals surface area contributed by atoms with Crippen LogP contribution >= 0.6 is 0 Å². The molecule has 2 aliphatic heterocycles. The lowest BCUT2D eigenvalue weighted by atomic mass is 9.73. The second-order valence-electron chi connectivity index (χ2n) is 7.71. The smallest absolute Gasteiger partial charge is 0.291 e. The number of aromatic amines is 1. The number of rotatable bonds is 4. The molecule has 3 aliphatic rings. The number of nitrogens with zero attached hydrogens (tertiary/aromatic N) is 5. The van der Waals surface area contributed by atoms with E-state index in [4.69, 9.17) is 0 Å². The third kappa shape index (κ3) is 2.66. The SMILES string of the molecule is CN1CC2(C1)CN(C(=O)c1nccc(Nc3cc(C4CC4)[nH]n3)n1)C2. The van der Waals surface area contributed by atoms with Crippen LogP contribution in [0.4, 0.5) is 11.6 Å². The molecule has 1 aliphatic carbocycles. The Morgan fingerprint density at radius 1 is 1.28 bits per heavy atom. The highest BCUT2D eigenvalue weighted by Gasteiger charge is 2.52. The van der Waals surface area contributed by atoms with Crippen molar-refractivity contribution in [3.63, 3.8) is 0 Å². The number of nitrogens with one attached hydrogen (secondary N) is 2. The fourth-order valence-electron chi connectivity index (χ4n) is 4.01. The third-order valence-corrected chi connectivity index (χ3v) is 5.27. The van der Waals surface area contributed by atoms with Gasteiger partial charge in [-0.1, -0.05) is 0 Å². The molecule has 25 heavy (non-hydrogen) atoms. The molecule has 0 radical (unpaired) electrons. The van der Waals surface area contributed by atoms with Gasteiger partial charge in [-0.15, -0.1) is 0 Å². The van der Waals surface area contributed by atoms with Crippen molar-refractivity contribution in [2.45, 2.75) is 18.8 Å². The molecule has 0 atom stereocenters. The standard InChI is InChI=1S/C17H21N7O/c1-23-7-17(8-23)9-24(10-17)16(25)15-18-5-4-13(20-15)19-14-6-12(21-22-14)11-2-3-11/h4-6,11H,2-3,7-10H2,1H3,(H2,18,19,20,21,22). The van der Waals surface area contributed by atoms with Crippen molar-refractivity contribution < 1.29 is 4.79 Å². The Labute approximate surface area is 145 Å². The van der Waals surface area contributed by atoms with E-state index in [1.807, 2.05) is 11.0 Å². The second-order valence-corrected chi connectivity index (χ2v) is 7.71. The van der Waals surface area contributed by atoms with Gasteiger partial charge in [-0.25, -0.2) is 9.97 Å². The zero-order valence-electron chi connectivity index (χ0n) is 14.2.